The maximum absolute atomic E-state index is 12.7. The number of rotatable bonds is 5. The van der Waals surface area contributed by atoms with E-state index in [2.05, 4.69) is 15.3 Å². The Morgan fingerprint density at radius 2 is 2.23 bits per heavy atom. The average molecular weight is 367 g/mol. The van der Waals surface area contributed by atoms with Gasteiger partial charge in [-0.05, 0) is 31.0 Å². The topological polar surface area (TPSA) is 81.3 Å². The number of nitrogens with zero attached hydrogens (tertiary/aromatic N) is 4. The fourth-order valence-electron chi connectivity index (χ4n) is 2.84. The van der Waals surface area contributed by atoms with Gasteiger partial charge in [-0.15, -0.1) is 11.3 Å². The highest BCUT2D eigenvalue weighted by Gasteiger charge is 2.15. The number of fused-ring (bicyclic) bond motifs is 2. The van der Waals surface area contributed by atoms with Crippen LogP contribution in [0.25, 0.3) is 15.9 Å². The number of imidazole rings is 1. The standard InChI is InChI=1S/C18H17N5O2S/c1-12-4-2-8-23-15(12)21-17-13(18(23)25)10-14(26-17)16(24)20-5-3-7-22-9-6-19-11-22/h2,4,6,8-11H,3,5,7H2,1H3,(H,20,24). The summed E-state index contributed by atoms with van der Waals surface area (Å²) in [4.78, 5) is 34.7. The van der Waals surface area contributed by atoms with Crippen LogP contribution in [0.4, 0.5) is 0 Å². The summed E-state index contributed by atoms with van der Waals surface area (Å²) in [5, 5.41) is 3.37. The SMILES string of the molecule is Cc1cccn2c(=O)c3cc(C(=O)NCCCn4ccnc4)sc3nc12. The van der Waals surface area contributed by atoms with Crippen LogP contribution in [0.3, 0.4) is 0 Å². The molecule has 132 valence electrons. The van der Waals surface area contributed by atoms with Crippen LogP contribution in [-0.4, -0.2) is 31.4 Å². The van der Waals surface area contributed by atoms with Crippen molar-refractivity contribution in [2.24, 2.45) is 0 Å². The van der Waals surface area contributed by atoms with Crippen molar-refractivity contribution in [3.05, 3.63) is 63.9 Å². The molecule has 0 aliphatic rings. The lowest BCUT2D eigenvalue weighted by atomic mass is 10.3. The molecule has 0 bridgehead atoms. The van der Waals surface area contributed by atoms with E-state index in [0.29, 0.717) is 27.3 Å². The number of carbonyl (C=O) groups excluding carboxylic acids is 1. The van der Waals surface area contributed by atoms with Crippen LogP contribution in [0.5, 0.6) is 0 Å². The van der Waals surface area contributed by atoms with E-state index in [1.807, 2.05) is 29.8 Å². The average Bonchev–Trinajstić information content (AvgIpc) is 3.29. The van der Waals surface area contributed by atoms with Crippen LogP contribution < -0.4 is 10.9 Å². The summed E-state index contributed by atoms with van der Waals surface area (Å²) in [5.74, 6) is -0.177. The Hall–Kier alpha value is -3.00. The van der Waals surface area contributed by atoms with E-state index >= 15 is 0 Å². The number of aromatic nitrogens is 4. The Kier molecular flexibility index (Phi) is 4.26. The molecule has 0 aliphatic heterocycles. The molecule has 0 saturated heterocycles. The number of hydrogen-bond donors (Lipinski definition) is 1. The first kappa shape index (κ1) is 16.5. The van der Waals surface area contributed by atoms with Gasteiger partial charge in [-0.1, -0.05) is 6.07 Å². The van der Waals surface area contributed by atoms with Gasteiger partial charge in [0.15, 0.2) is 0 Å². The largest absolute Gasteiger partial charge is 0.351 e. The number of nitrogens with one attached hydrogen (secondary N) is 1. The minimum Gasteiger partial charge on any atom is -0.351 e. The van der Waals surface area contributed by atoms with Crippen LogP contribution in [0.1, 0.15) is 21.7 Å². The van der Waals surface area contributed by atoms with Gasteiger partial charge in [-0.3, -0.25) is 14.0 Å². The third-order valence-electron chi connectivity index (χ3n) is 4.19. The summed E-state index contributed by atoms with van der Waals surface area (Å²) in [5.41, 5.74) is 1.40. The zero-order valence-electron chi connectivity index (χ0n) is 14.2. The molecule has 0 aromatic carbocycles. The van der Waals surface area contributed by atoms with Crippen molar-refractivity contribution in [2.75, 3.05) is 6.54 Å². The molecule has 4 rings (SSSR count). The minimum absolute atomic E-state index is 0.149. The number of pyridine rings is 1. The summed E-state index contributed by atoms with van der Waals surface area (Å²) in [7, 11) is 0. The summed E-state index contributed by atoms with van der Waals surface area (Å²) in [6.45, 7) is 3.26. The Balaban J connectivity index is 1.54. The number of thiophene rings is 1. The van der Waals surface area contributed by atoms with E-state index in [4.69, 9.17) is 0 Å². The van der Waals surface area contributed by atoms with Crippen molar-refractivity contribution in [3.63, 3.8) is 0 Å². The highest BCUT2D eigenvalue weighted by Crippen LogP contribution is 2.22. The quantitative estimate of drug-likeness (QED) is 0.549. The molecule has 1 amide bonds. The highest BCUT2D eigenvalue weighted by atomic mass is 32.1. The molecule has 0 atom stereocenters. The van der Waals surface area contributed by atoms with Gasteiger partial charge in [0.1, 0.15) is 10.5 Å². The summed E-state index contributed by atoms with van der Waals surface area (Å²) < 4.78 is 3.49. The normalized spacial score (nSPS) is 11.3. The molecule has 4 heterocycles. The van der Waals surface area contributed by atoms with Gasteiger partial charge in [0.2, 0.25) is 0 Å². The Bertz CT molecular complexity index is 1140. The monoisotopic (exact) mass is 367 g/mol. The zero-order valence-corrected chi connectivity index (χ0v) is 15.0. The lowest BCUT2D eigenvalue weighted by Gasteiger charge is -2.04. The van der Waals surface area contributed by atoms with Crippen LogP contribution >= 0.6 is 11.3 Å². The number of hydrogen-bond acceptors (Lipinski definition) is 5. The molecule has 0 aliphatic carbocycles. The first-order valence-corrected chi connectivity index (χ1v) is 9.10. The molecule has 8 heteroatoms. The molecule has 0 fully saturated rings. The number of amides is 1. The molecule has 0 radical (unpaired) electrons. The second-order valence-corrected chi connectivity index (χ2v) is 7.07. The van der Waals surface area contributed by atoms with Gasteiger partial charge >= 0.3 is 0 Å². The summed E-state index contributed by atoms with van der Waals surface area (Å²) >= 11 is 1.25. The van der Waals surface area contributed by atoms with Crippen LogP contribution in [-0.2, 0) is 6.54 Å². The van der Waals surface area contributed by atoms with Crippen molar-refractivity contribution in [3.8, 4) is 0 Å². The summed E-state index contributed by atoms with van der Waals surface area (Å²) in [6, 6.07) is 5.36. The fourth-order valence-corrected chi connectivity index (χ4v) is 3.78. The van der Waals surface area contributed by atoms with Gasteiger partial charge in [0.25, 0.3) is 11.5 Å². The van der Waals surface area contributed by atoms with Gasteiger partial charge in [0, 0.05) is 31.7 Å². The highest BCUT2D eigenvalue weighted by molar-refractivity contribution is 7.20. The van der Waals surface area contributed by atoms with Crippen molar-refractivity contribution in [1.29, 1.82) is 0 Å². The maximum Gasteiger partial charge on any atom is 0.266 e. The Morgan fingerprint density at radius 3 is 3.04 bits per heavy atom. The lowest BCUT2D eigenvalue weighted by molar-refractivity contribution is 0.0957. The molecule has 4 aromatic rings. The van der Waals surface area contributed by atoms with Crippen LogP contribution in [0.15, 0.2) is 47.9 Å². The number of carbonyl (C=O) groups is 1. The van der Waals surface area contributed by atoms with Gasteiger partial charge in [-0.25, -0.2) is 9.97 Å². The van der Waals surface area contributed by atoms with E-state index in [-0.39, 0.29) is 11.5 Å². The van der Waals surface area contributed by atoms with Crippen molar-refractivity contribution < 1.29 is 4.79 Å². The molecule has 0 saturated carbocycles. The second-order valence-electron chi connectivity index (χ2n) is 6.04. The van der Waals surface area contributed by atoms with E-state index in [0.717, 1.165) is 18.5 Å². The van der Waals surface area contributed by atoms with Crippen LogP contribution in [0, 0.1) is 6.92 Å². The van der Waals surface area contributed by atoms with Crippen LogP contribution in [0.2, 0.25) is 0 Å². The molecular weight excluding hydrogens is 350 g/mol. The van der Waals surface area contributed by atoms with E-state index in [9.17, 15) is 9.59 Å². The smallest absolute Gasteiger partial charge is 0.266 e. The van der Waals surface area contributed by atoms with Gasteiger partial charge in [0.05, 0.1) is 16.6 Å². The van der Waals surface area contributed by atoms with Crippen molar-refractivity contribution in [2.45, 2.75) is 19.9 Å². The lowest BCUT2D eigenvalue weighted by Crippen LogP contribution is -2.24. The van der Waals surface area contributed by atoms with Gasteiger partial charge in [-0.2, -0.15) is 0 Å². The fraction of sp³-hybridized carbons (Fsp3) is 0.222. The molecule has 0 unspecified atom stereocenters. The van der Waals surface area contributed by atoms with Crippen molar-refractivity contribution >= 4 is 33.1 Å². The summed E-state index contributed by atoms with van der Waals surface area (Å²) in [6.07, 6.45) is 7.87. The predicted octanol–water partition coefficient (Wildman–Crippen LogP) is 2.23. The molecule has 4 aromatic heterocycles. The molecule has 26 heavy (non-hydrogen) atoms. The molecule has 7 nitrogen and oxygen atoms in total. The van der Waals surface area contributed by atoms with E-state index < -0.39 is 0 Å². The van der Waals surface area contributed by atoms with Crippen molar-refractivity contribution in [1.82, 2.24) is 24.3 Å². The third-order valence-corrected chi connectivity index (χ3v) is 5.22. The molecule has 0 spiro atoms. The van der Waals surface area contributed by atoms with Gasteiger partial charge < -0.3 is 9.88 Å². The minimum atomic E-state index is -0.177. The zero-order chi connectivity index (χ0) is 18.1. The second kappa shape index (κ2) is 6.72. The van der Waals surface area contributed by atoms with E-state index in [1.165, 1.54) is 15.7 Å². The molecular formula is C18H17N5O2S. The Labute approximate surface area is 152 Å². The first-order chi connectivity index (χ1) is 12.6. The first-order valence-electron chi connectivity index (χ1n) is 8.29. The maximum atomic E-state index is 12.7. The third kappa shape index (κ3) is 2.99. The predicted molar refractivity (Wildman–Crippen MR) is 101 cm³/mol. The van der Waals surface area contributed by atoms with E-state index in [1.54, 1.807) is 24.8 Å². The number of aryl methyl sites for hydroxylation is 2. The Morgan fingerprint density at radius 1 is 1.35 bits per heavy atom. The molecule has 1 N–H and O–H groups in total.